The summed E-state index contributed by atoms with van der Waals surface area (Å²) in [6, 6.07) is 18.7. The van der Waals surface area contributed by atoms with Gasteiger partial charge >= 0.3 is 5.97 Å². The van der Waals surface area contributed by atoms with Crippen LogP contribution in [0.5, 0.6) is 0 Å². The molecule has 25 heavy (non-hydrogen) atoms. The van der Waals surface area contributed by atoms with Crippen molar-refractivity contribution in [2.45, 2.75) is 26.7 Å². The van der Waals surface area contributed by atoms with Crippen molar-refractivity contribution >= 4 is 5.97 Å². The monoisotopic (exact) mass is 331 g/mol. The molecule has 126 valence electrons. The number of carbonyl (C=O) groups is 1. The van der Waals surface area contributed by atoms with Crippen molar-refractivity contribution < 1.29 is 9.53 Å². The van der Waals surface area contributed by atoms with Crippen LogP contribution in [-0.4, -0.2) is 17.1 Å². The van der Waals surface area contributed by atoms with Gasteiger partial charge in [0, 0.05) is 22.9 Å². The fourth-order valence-corrected chi connectivity index (χ4v) is 3.74. The summed E-state index contributed by atoms with van der Waals surface area (Å²) in [5.41, 5.74) is 7.54. The molecule has 1 unspecified atom stereocenters. The van der Waals surface area contributed by atoms with Gasteiger partial charge in [0.15, 0.2) is 0 Å². The lowest BCUT2D eigenvalue weighted by atomic mass is 9.94. The van der Waals surface area contributed by atoms with Gasteiger partial charge in [-0.2, -0.15) is 0 Å². The fraction of sp³-hybridized carbons (Fsp3) is 0.227. The summed E-state index contributed by atoms with van der Waals surface area (Å²) < 4.78 is 7.39. The third-order valence-corrected chi connectivity index (χ3v) is 4.94. The number of esters is 1. The van der Waals surface area contributed by atoms with E-state index < -0.39 is 0 Å². The van der Waals surface area contributed by atoms with Crippen LogP contribution in [-0.2, 0) is 4.74 Å². The zero-order chi connectivity index (χ0) is 17.6. The SMILES string of the molecule is CCOC(=O)c1cc(-c2ccc(C)cc2)c2n1-c1ccccc1C2C. The van der Waals surface area contributed by atoms with Gasteiger partial charge in [-0.1, -0.05) is 55.0 Å². The lowest BCUT2D eigenvalue weighted by Gasteiger charge is -2.08. The molecule has 1 aromatic heterocycles. The number of hydrogen-bond acceptors (Lipinski definition) is 2. The summed E-state index contributed by atoms with van der Waals surface area (Å²) in [6.07, 6.45) is 0. The van der Waals surface area contributed by atoms with Gasteiger partial charge in [-0.15, -0.1) is 0 Å². The number of ether oxygens (including phenoxy) is 1. The first-order chi connectivity index (χ1) is 12.1. The Morgan fingerprint density at radius 1 is 1.12 bits per heavy atom. The van der Waals surface area contributed by atoms with Gasteiger partial charge in [0.1, 0.15) is 5.69 Å². The summed E-state index contributed by atoms with van der Waals surface area (Å²) in [4.78, 5) is 12.6. The first kappa shape index (κ1) is 15.7. The Morgan fingerprint density at radius 3 is 2.56 bits per heavy atom. The average Bonchev–Trinajstić information content (AvgIpc) is 3.14. The molecule has 0 fully saturated rings. The zero-order valence-corrected chi connectivity index (χ0v) is 14.7. The molecule has 0 amide bonds. The minimum Gasteiger partial charge on any atom is -0.461 e. The average molecular weight is 331 g/mol. The molecule has 3 aromatic rings. The van der Waals surface area contributed by atoms with Crippen LogP contribution in [0, 0.1) is 6.92 Å². The number of rotatable bonds is 3. The van der Waals surface area contributed by atoms with E-state index in [0.29, 0.717) is 12.3 Å². The molecule has 4 rings (SSSR count). The van der Waals surface area contributed by atoms with Crippen molar-refractivity contribution in [1.82, 2.24) is 4.57 Å². The van der Waals surface area contributed by atoms with E-state index in [1.54, 1.807) is 0 Å². The molecule has 2 aromatic carbocycles. The normalized spacial score (nSPS) is 14.9. The number of para-hydroxylation sites is 1. The summed E-state index contributed by atoms with van der Waals surface area (Å²) in [7, 11) is 0. The lowest BCUT2D eigenvalue weighted by Crippen LogP contribution is -2.10. The van der Waals surface area contributed by atoms with Gasteiger partial charge in [-0.05, 0) is 37.1 Å². The van der Waals surface area contributed by atoms with Crippen LogP contribution < -0.4 is 0 Å². The Labute approximate surface area is 147 Å². The van der Waals surface area contributed by atoms with Crippen molar-refractivity contribution in [2.24, 2.45) is 0 Å². The highest BCUT2D eigenvalue weighted by Gasteiger charge is 2.33. The van der Waals surface area contributed by atoms with E-state index in [9.17, 15) is 4.79 Å². The molecule has 0 saturated carbocycles. The van der Waals surface area contributed by atoms with Crippen LogP contribution in [0.4, 0.5) is 0 Å². The van der Waals surface area contributed by atoms with Gasteiger partial charge in [-0.3, -0.25) is 0 Å². The topological polar surface area (TPSA) is 31.2 Å². The van der Waals surface area contributed by atoms with E-state index in [4.69, 9.17) is 4.74 Å². The second-order valence-electron chi connectivity index (χ2n) is 6.53. The van der Waals surface area contributed by atoms with Gasteiger partial charge in [0.25, 0.3) is 0 Å². The van der Waals surface area contributed by atoms with Crippen LogP contribution in [0.25, 0.3) is 16.8 Å². The minimum atomic E-state index is -0.272. The molecule has 3 nitrogen and oxygen atoms in total. The molecule has 0 aliphatic carbocycles. The van der Waals surface area contributed by atoms with Crippen molar-refractivity contribution in [2.75, 3.05) is 6.61 Å². The Morgan fingerprint density at radius 2 is 1.84 bits per heavy atom. The Kier molecular flexibility index (Phi) is 3.72. The highest BCUT2D eigenvalue weighted by atomic mass is 16.5. The van der Waals surface area contributed by atoms with Crippen molar-refractivity contribution in [3.05, 3.63) is 77.1 Å². The molecular weight excluding hydrogens is 310 g/mol. The van der Waals surface area contributed by atoms with E-state index in [2.05, 4.69) is 60.9 Å². The molecule has 1 aliphatic heterocycles. The summed E-state index contributed by atoms with van der Waals surface area (Å²) in [5.74, 6) is -0.0401. The molecule has 1 aliphatic rings. The van der Waals surface area contributed by atoms with Crippen LogP contribution in [0.15, 0.2) is 54.6 Å². The van der Waals surface area contributed by atoms with Crippen LogP contribution >= 0.6 is 0 Å². The van der Waals surface area contributed by atoms with E-state index in [1.807, 2.05) is 19.1 Å². The number of aromatic nitrogens is 1. The first-order valence-corrected chi connectivity index (χ1v) is 8.71. The molecule has 0 saturated heterocycles. The molecule has 0 N–H and O–H groups in total. The van der Waals surface area contributed by atoms with Gasteiger partial charge in [0.05, 0.1) is 6.61 Å². The number of aryl methyl sites for hydroxylation is 1. The molecule has 0 radical (unpaired) electrons. The fourth-order valence-electron chi connectivity index (χ4n) is 3.74. The molecular formula is C22H21NO2. The number of carbonyl (C=O) groups excluding carboxylic acids is 1. The number of hydrogen-bond donors (Lipinski definition) is 0. The number of nitrogens with zero attached hydrogens (tertiary/aromatic N) is 1. The van der Waals surface area contributed by atoms with Gasteiger partial charge in [-0.25, -0.2) is 4.79 Å². The lowest BCUT2D eigenvalue weighted by molar-refractivity contribution is 0.0517. The molecule has 0 spiro atoms. The maximum absolute atomic E-state index is 12.6. The summed E-state index contributed by atoms with van der Waals surface area (Å²) in [6.45, 7) is 6.49. The van der Waals surface area contributed by atoms with Crippen LogP contribution in [0.1, 0.15) is 47.1 Å². The predicted molar refractivity (Wildman–Crippen MR) is 99.4 cm³/mol. The van der Waals surface area contributed by atoms with E-state index in [0.717, 1.165) is 22.5 Å². The van der Waals surface area contributed by atoms with Gasteiger partial charge in [0.2, 0.25) is 0 Å². The standard InChI is InChI=1S/C22H21NO2/c1-4-25-22(24)20-13-18(16-11-9-14(2)10-12-16)21-15(3)17-7-5-6-8-19(17)23(20)21/h5-13,15H,4H2,1-3H3. The van der Waals surface area contributed by atoms with Crippen molar-refractivity contribution in [1.29, 1.82) is 0 Å². The van der Waals surface area contributed by atoms with Crippen molar-refractivity contribution in [3.63, 3.8) is 0 Å². The molecule has 2 heterocycles. The molecule has 3 heteroatoms. The third kappa shape index (κ3) is 2.39. The smallest absolute Gasteiger partial charge is 0.355 e. The maximum Gasteiger partial charge on any atom is 0.355 e. The Hall–Kier alpha value is -2.81. The van der Waals surface area contributed by atoms with Gasteiger partial charge < -0.3 is 9.30 Å². The Balaban J connectivity index is 1.97. The predicted octanol–water partition coefficient (Wildman–Crippen LogP) is 5.09. The third-order valence-electron chi connectivity index (χ3n) is 4.94. The number of benzene rings is 2. The van der Waals surface area contributed by atoms with Crippen LogP contribution in [0.3, 0.4) is 0 Å². The largest absolute Gasteiger partial charge is 0.461 e. The van der Waals surface area contributed by atoms with Crippen LogP contribution in [0.2, 0.25) is 0 Å². The maximum atomic E-state index is 12.6. The molecule has 0 bridgehead atoms. The summed E-state index contributed by atoms with van der Waals surface area (Å²) >= 11 is 0. The minimum absolute atomic E-state index is 0.232. The second kappa shape index (κ2) is 5.92. The quantitative estimate of drug-likeness (QED) is 0.626. The second-order valence-corrected chi connectivity index (χ2v) is 6.53. The van der Waals surface area contributed by atoms with E-state index in [1.165, 1.54) is 11.1 Å². The highest BCUT2D eigenvalue weighted by molar-refractivity contribution is 5.93. The number of fused-ring (bicyclic) bond motifs is 3. The Bertz CT molecular complexity index is 951. The van der Waals surface area contributed by atoms with E-state index in [-0.39, 0.29) is 11.9 Å². The van der Waals surface area contributed by atoms with E-state index >= 15 is 0 Å². The first-order valence-electron chi connectivity index (χ1n) is 8.71. The van der Waals surface area contributed by atoms with Crippen molar-refractivity contribution in [3.8, 4) is 16.8 Å². The molecule has 1 atom stereocenters. The highest BCUT2D eigenvalue weighted by Crippen LogP contribution is 2.45. The zero-order valence-electron chi connectivity index (χ0n) is 14.7. The summed E-state index contributed by atoms with van der Waals surface area (Å²) in [5, 5.41) is 0.